The van der Waals surface area contributed by atoms with E-state index in [4.69, 9.17) is 4.74 Å². The zero-order valence-electron chi connectivity index (χ0n) is 11.6. The van der Waals surface area contributed by atoms with Crippen LogP contribution in [0, 0.1) is 35.0 Å². The Hall–Kier alpha value is -0.0800. The molecule has 1 heterocycles. The van der Waals surface area contributed by atoms with Crippen molar-refractivity contribution in [3.8, 4) is 0 Å². The minimum absolute atomic E-state index is 0.0687. The average Bonchev–Trinajstić information content (AvgIpc) is 2.59. The summed E-state index contributed by atoms with van der Waals surface area (Å²) in [5.41, 5.74) is 0.247. The minimum atomic E-state index is -0.0687. The molecule has 1 saturated heterocycles. The molecular formula is C15H26O2. The Bertz CT molecular complexity index is 327. The van der Waals surface area contributed by atoms with Crippen LogP contribution in [-0.4, -0.2) is 23.9 Å². The van der Waals surface area contributed by atoms with E-state index in [0.717, 1.165) is 18.4 Å². The number of hydrogen-bond acceptors (Lipinski definition) is 2. The number of ether oxygens (including phenoxy) is 1. The third-order valence-electron chi connectivity index (χ3n) is 6.70. The lowest BCUT2D eigenvalue weighted by Crippen LogP contribution is -2.44. The molecule has 1 aliphatic heterocycles. The molecular weight excluding hydrogens is 212 g/mol. The maximum atomic E-state index is 9.83. The maximum absolute atomic E-state index is 9.83. The van der Waals surface area contributed by atoms with Crippen molar-refractivity contribution >= 4 is 0 Å². The molecule has 1 N–H and O–H groups in total. The van der Waals surface area contributed by atoms with Crippen LogP contribution in [0.4, 0.5) is 0 Å². The van der Waals surface area contributed by atoms with Gasteiger partial charge in [-0.3, -0.25) is 0 Å². The van der Waals surface area contributed by atoms with Crippen molar-refractivity contribution in [2.75, 3.05) is 13.2 Å². The summed E-state index contributed by atoms with van der Waals surface area (Å²) in [4.78, 5) is 0. The molecule has 3 aliphatic rings. The highest BCUT2D eigenvalue weighted by Gasteiger charge is 2.72. The van der Waals surface area contributed by atoms with Crippen molar-refractivity contribution in [3.05, 3.63) is 0 Å². The third-order valence-corrected chi connectivity index (χ3v) is 6.70. The normalized spacial score (nSPS) is 56.8. The van der Waals surface area contributed by atoms with Crippen molar-refractivity contribution < 1.29 is 9.84 Å². The van der Waals surface area contributed by atoms with E-state index in [1.165, 1.54) is 12.8 Å². The fourth-order valence-corrected chi connectivity index (χ4v) is 5.46. The molecule has 2 heteroatoms. The van der Waals surface area contributed by atoms with E-state index in [9.17, 15) is 5.11 Å². The molecule has 0 spiro atoms. The van der Waals surface area contributed by atoms with Gasteiger partial charge in [-0.05, 0) is 43.4 Å². The molecule has 2 aliphatic carbocycles. The number of aliphatic hydroxyl groups is 1. The lowest BCUT2D eigenvalue weighted by molar-refractivity contribution is -0.108. The Morgan fingerprint density at radius 1 is 1.35 bits per heavy atom. The summed E-state index contributed by atoms with van der Waals surface area (Å²) < 4.78 is 6.13. The largest absolute Gasteiger partial charge is 0.396 e. The summed E-state index contributed by atoms with van der Waals surface area (Å²) in [7, 11) is 0. The third kappa shape index (κ3) is 1.19. The summed E-state index contributed by atoms with van der Waals surface area (Å²) in [6, 6.07) is 0. The van der Waals surface area contributed by atoms with Crippen LogP contribution < -0.4 is 0 Å². The molecule has 6 atom stereocenters. The quantitative estimate of drug-likeness (QED) is 0.801. The summed E-state index contributed by atoms with van der Waals surface area (Å²) in [5, 5.41) is 9.83. The maximum Gasteiger partial charge on any atom is 0.0764 e. The van der Waals surface area contributed by atoms with E-state index in [0.29, 0.717) is 29.8 Å². The zero-order chi connectivity index (χ0) is 12.4. The van der Waals surface area contributed by atoms with E-state index < -0.39 is 0 Å². The molecule has 3 fully saturated rings. The van der Waals surface area contributed by atoms with E-state index in [1.807, 2.05) is 0 Å². The molecule has 0 aromatic rings. The number of aliphatic hydroxyl groups excluding tert-OH is 1. The highest BCUT2D eigenvalue weighted by atomic mass is 16.5. The van der Waals surface area contributed by atoms with Crippen LogP contribution >= 0.6 is 0 Å². The van der Waals surface area contributed by atoms with Gasteiger partial charge in [0.2, 0.25) is 0 Å². The van der Waals surface area contributed by atoms with E-state index in [1.54, 1.807) is 0 Å². The van der Waals surface area contributed by atoms with Gasteiger partial charge in [0.05, 0.1) is 12.2 Å². The molecule has 0 aromatic heterocycles. The van der Waals surface area contributed by atoms with Gasteiger partial charge >= 0.3 is 0 Å². The summed E-state index contributed by atoms with van der Waals surface area (Å²) in [6.07, 6.45) is 2.61. The Balaban J connectivity index is 2.03. The standard InChI is InChI=1S/C15H26O2/c1-9(2)10-5-6-14(3)12-8-17-15(14,4)11(7-16)13(10)12/h9-13,16H,5-8H2,1-4H3. The first-order chi connectivity index (χ1) is 7.95. The second-order valence-electron chi connectivity index (χ2n) is 7.25. The van der Waals surface area contributed by atoms with Crippen molar-refractivity contribution in [3.63, 3.8) is 0 Å². The van der Waals surface area contributed by atoms with Crippen molar-refractivity contribution in [1.82, 2.24) is 0 Å². The summed E-state index contributed by atoms with van der Waals surface area (Å²) in [5.74, 6) is 3.27. The van der Waals surface area contributed by atoms with Gasteiger partial charge in [-0.15, -0.1) is 0 Å². The molecule has 17 heavy (non-hydrogen) atoms. The molecule has 3 rings (SSSR count). The SMILES string of the molecule is CC(C)C1CCC2(C)C3COC2(C)C(CO)C13. The van der Waals surface area contributed by atoms with E-state index in [-0.39, 0.29) is 5.60 Å². The van der Waals surface area contributed by atoms with Crippen molar-refractivity contribution in [2.45, 2.75) is 46.1 Å². The molecule has 6 unspecified atom stereocenters. The lowest BCUT2D eigenvalue weighted by atomic mass is 9.61. The van der Waals surface area contributed by atoms with Gasteiger partial charge in [-0.2, -0.15) is 0 Å². The second-order valence-corrected chi connectivity index (χ2v) is 7.25. The first-order valence-corrected chi connectivity index (χ1v) is 7.20. The Labute approximate surface area is 105 Å². The fourth-order valence-electron chi connectivity index (χ4n) is 5.46. The predicted octanol–water partition coefficient (Wildman–Crippen LogP) is 2.70. The minimum Gasteiger partial charge on any atom is -0.396 e. The molecule has 2 saturated carbocycles. The average molecular weight is 238 g/mol. The van der Waals surface area contributed by atoms with Gasteiger partial charge in [0.15, 0.2) is 0 Å². The lowest BCUT2D eigenvalue weighted by Gasteiger charge is -2.42. The van der Waals surface area contributed by atoms with Crippen LogP contribution in [0.3, 0.4) is 0 Å². The van der Waals surface area contributed by atoms with Crippen molar-refractivity contribution in [2.24, 2.45) is 35.0 Å². The van der Waals surface area contributed by atoms with Gasteiger partial charge in [0.1, 0.15) is 0 Å². The molecule has 98 valence electrons. The zero-order valence-corrected chi connectivity index (χ0v) is 11.6. The van der Waals surface area contributed by atoms with Gasteiger partial charge < -0.3 is 9.84 Å². The van der Waals surface area contributed by atoms with Crippen molar-refractivity contribution in [1.29, 1.82) is 0 Å². The number of hydrogen-bond donors (Lipinski definition) is 1. The molecule has 0 amide bonds. The summed E-state index contributed by atoms with van der Waals surface area (Å²) in [6.45, 7) is 10.6. The first kappa shape index (κ1) is 12.0. The smallest absolute Gasteiger partial charge is 0.0764 e. The van der Waals surface area contributed by atoms with E-state index >= 15 is 0 Å². The topological polar surface area (TPSA) is 29.5 Å². The molecule has 0 radical (unpaired) electrons. The van der Waals surface area contributed by atoms with Gasteiger partial charge in [0, 0.05) is 17.9 Å². The molecule has 0 aromatic carbocycles. The molecule has 2 nitrogen and oxygen atoms in total. The highest BCUT2D eigenvalue weighted by Crippen LogP contribution is 2.70. The Kier molecular flexibility index (Phi) is 2.45. The van der Waals surface area contributed by atoms with Crippen LogP contribution in [0.1, 0.15) is 40.5 Å². The van der Waals surface area contributed by atoms with Crippen LogP contribution in [0.25, 0.3) is 0 Å². The molecule has 4 bridgehead atoms. The van der Waals surface area contributed by atoms with Crippen LogP contribution in [0.2, 0.25) is 0 Å². The second kappa shape index (κ2) is 3.48. The van der Waals surface area contributed by atoms with E-state index in [2.05, 4.69) is 27.7 Å². The fraction of sp³-hybridized carbons (Fsp3) is 1.00. The highest BCUT2D eigenvalue weighted by molar-refractivity contribution is 5.19. The van der Waals surface area contributed by atoms with Gasteiger partial charge in [0.25, 0.3) is 0 Å². The van der Waals surface area contributed by atoms with Crippen LogP contribution in [-0.2, 0) is 4.74 Å². The predicted molar refractivity (Wildman–Crippen MR) is 67.6 cm³/mol. The Morgan fingerprint density at radius 2 is 2.06 bits per heavy atom. The van der Waals surface area contributed by atoms with Gasteiger partial charge in [-0.25, -0.2) is 0 Å². The number of rotatable bonds is 2. The monoisotopic (exact) mass is 238 g/mol. The van der Waals surface area contributed by atoms with Crippen LogP contribution in [0.15, 0.2) is 0 Å². The van der Waals surface area contributed by atoms with Gasteiger partial charge in [-0.1, -0.05) is 20.8 Å². The summed E-state index contributed by atoms with van der Waals surface area (Å²) >= 11 is 0. The Morgan fingerprint density at radius 3 is 2.65 bits per heavy atom. The van der Waals surface area contributed by atoms with Crippen LogP contribution in [0.5, 0.6) is 0 Å². The first-order valence-electron chi connectivity index (χ1n) is 7.20.